The summed E-state index contributed by atoms with van der Waals surface area (Å²) in [5, 5.41) is 3.23. The first kappa shape index (κ1) is 14.2. The van der Waals surface area contributed by atoms with E-state index in [1.54, 1.807) is 0 Å². The van der Waals surface area contributed by atoms with Crippen LogP contribution in [0.5, 0.6) is 0 Å². The molecule has 3 heteroatoms. The summed E-state index contributed by atoms with van der Waals surface area (Å²) in [6, 6.07) is 15.1. The van der Waals surface area contributed by atoms with Crippen LogP contribution in [0.25, 0.3) is 0 Å². The molecule has 2 aromatic rings. The molecule has 1 unspecified atom stereocenters. The van der Waals surface area contributed by atoms with Gasteiger partial charge in [0.1, 0.15) is 5.82 Å². The molecule has 2 aromatic carbocycles. The molecule has 19 heavy (non-hydrogen) atoms. The molecule has 0 radical (unpaired) electrons. The molecular formula is C16H17BrFN. The van der Waals surface area contributed by atoms with E-state index in [0.717, 1.165) is 23.0 Å². The number of halogens is 2. The van der Waals surface area contributed by atoms with Crippen molar-refractivity contribution >= 4 is 15.9 Å². The van der Waals surface area contributed by atoms with Crippen LogP contribution in [0.1, 0.15) is 17.0 Å². The number of hydrogen-bond acceptors (Lipinski definition) is 1. The molecule has 0 bridgehead atoms. The van der Waals surface area contributed by atoms with Crippen molar-refractivity contribution in [2.24, 2.45) is 0 Å². The molecule has 0 spiro atoms. The van der Waals surface area contributed by atoms with E-state index in [1.807, 2.05) is 31.3 Å². The Morgan fingerprint density at radius 2 is 1.89 bits per heavy atom. The Bertz CT molecular complexity index is 525. The molecule has 100 valence electrons. The Hall–Kier alpha value is -1.19. The van der Waals surface area contributed by atoms with Gasteiger partial charge in [0.15, 0.2) is 0 Å². The van der Waals surface area contributed by atoms with Crippen molar-refractivity contribution in [2.45, 2.75) is 12.3 Å². The Morgan fingerprint density at radius 3 is 2.53 bits per heavy atom. The van der Waals surface area contributed by atoms with Crippen LogP contribution in [-0.4, -0.2) is 13.6 Å². The summed E-state index contributed by atoms with van der Waals surface area (Å²) in [6.07, 6.45) is 0.900. The molecule has 0 saturated carbocycles. The highest BCUT2D eigenvalue weighted by Crippen LogP contribution is 2.23. The minimum absolute atomic E-state index is 0.184. The van der Waals surface area contributed by atoms with Crippen molar-refractivity contribution < 1.29 is 4.39 Å². The first-order chi connectivity index (χ1) is 9.19. The lowest BCUT2D eigenvalue weighted by Gasteiger charge is -2.17. The molecule has 0 fully saturated rings. The van der Waals surface area contributed by atoms with E-state index in [0.29, 0.717) is 5.92 Å². The van der Waals surface area contributed by atoms with Crippen LogP contribution in [0.3, 0.4) is 0 Å². The fraction of sp³-hybridized carbons (Fsp3) is 0.250. The summed E-state index contributed by atoms with van der Waals surface area (Å²) in [5.41, 5.74) is 2.44. The van der Waals surface area contributed by atoms with Gasteiger partial charge in [0.2, 0.25) is 0 Å². The van der Waals surface area contributed by atoms with E-state index < -0.39 is 0 Å². The van der Waals surface area contributed by atoms with Gasteiger partial charge in [0.25, 0.3) is 0 Å². The summed E-state index contributed by atoms with van der Waals surface area (Å²) >= 11 is 3.51. The lowest BCUT2D eigenvalue weighted by atomic mass is 9.92. The van der Waals surface area contributed by atoms with Gasteiger partial charge in [-0.15, -0.1) is 0 Å². The highest BCUT2D eigenvalue weighted by molar-refractivity contribution is 9.10. The maximum Gasteiger partial charge on any atom is 0.123 e. The maximum atomic E-state index is 12.9. The topological polar surface area (TPSA) is 12.0 Å². The second-order valence-electron chi connectivity index (χ2n) is 4.64. The molecule has 0 aliphatic carbocycles. The summed E-state index contributed by atoms with van der Waals surface area (Å²) in [7, 11) is 1.95. The zero-order chi connectivity index (χ0) is 13.7. The van der Waals surface area contributed by atoms with E-state index in [9.17, 15) is 4.39 Å². The van der Waals surface area contributed by atoms with Gasteiger partial charge in [-0.05, 0) is 48.9 Å². The van der Waals surface area contributed by atoms with Gasteiger partial charge in [-0.25, -0.2) is 4.39 Å². The normalized spacial score (nSPS) is 12.4. The Balaban J connectivity index is 2.18. The first-order valence-corrected chi connectivity index (χ1v) is 7.13. The Kier molecular flexibility index (Phi) is 5.11. The van der Waals surface area contributed by atoms with Crippen molar-refractivity contribution in [3.63, 3.8) is 0 Å². The molecule has 1 N–H and O–H groups in total. The molecular weight excluding hydrogens is 305 g/mol. The summed E-state index contributed by atoms with van der Waals surface area (Å²) in [4.78, 5) is 0. The van der Waals surface area contributed by atoms with Gasteiger partial charge in [-0.3, -0.25) is 0 Å². The monoisotopic (exact) mass is 321 g/mol. The molecule has 1 nitrogen and oxygen atoms in total. The van der Waals surface area contributed by atoms with E-state index in [2.05, 4.69) is 33.4 Å². The van der Waals surface area contributed by atoms with Gasteiger partial charge in [-0.2, -0.15) is 0 Å². The van der Waals surface area contributed by atoms with Crippen LogP contribution in [0.2, 0.25) is 0 Å². The number of hydrogen-bond donors (Lipinski definition) is 1. The third kappa shape index (κ3) is 4.15. The van der Waals surface area contributed by atoms with Gasteiger partial charge >= 0.3 is 0 Å². The number of benzene rings is 2. The van der Waals surface area contributed by atoms with Crippen LogP contribution in [-0.2, 0) is 6.42 Å². The van der Waals surface area contributed by atoms with Gasteiger partial charge in [-0.1, -0.05) is 40.2 Å². The predicted molar refractivity (Wildman–Crippen MR) is 80.9 cm³/mol. The van der Waals surface area contributed by atoms with Crippen LogP contribution >= 0.6 is 15.9 Å². The van der Waals surface area contributed by atoms with E-state index in [-0.39, 0.29) is 5.82 Å². The molecule has 0 amide bonds. The Labute approximate surface area is 122 Å². The van der Waals surface area contributed by atoms with Gasteiger partial charge < -0.3 is 5.32 Å². The van der Waals surface area contributed by atoms with Crippen LogP contribution in [0, 0.1) is 5.82 Å². The molecule has 0 saturated heterocycles. The van der Waals surface area contributed by atoms with E-state index in [1.165, 1.54) is 17.7 Å². The number of rotatable bonds is 5. The molecule has 0 aromatic heterocycles. The molecule has 2 rings (SSSR count). The zero-order valence-electron chi connectivity index (χ0n) is 10.9. The predicted octanol–water partition coefficient (Wildman–Crippen LogP) is 4.13. The van der Waals surface area contributed by atoms with Gasteiger partial charge in [0, 0.05) is 16.9 Å². The van der Waals surface area contributed by atoms with E-state index in [4.69, 9.17) is 0 Å². The first-order valence-electron chi connectivity index (χ1n) is 6.33. The average Bonchev–Trinajstić information content (AvgIpc) is 2.41. The van der Waals surface area contributed by atoms with Crippen molar-refractivity contribution in [3.05, 3.63) is 69.9 Å². The van der Waals surface area contributed by atoms with Crippen LogP contribution in [0.4, 0.5) is 4.39 Å². The second-order valence-corrected chi connectivity index (χ2v) is 5.56. The fourth-order valence-electron chi connectivity index (χ4n) is 2.22. The van der Waals surface area contributed by atoms with Gasteiger partial charge in [0.05, 0.1) is 0 Å². The van der Waals surface area contributed by atoms with Crippen molar-refractivity contribution in [2.75, 3.05) is 13.6 Å². The summed E-state index contributed by atoms with van der Waals surface area (Å²) in [5.74, 6) is 0.198. The highest BCUT2D eigenvalue weighted by Gasteiger charge is 2.12. The minimum atomic E-state index is -0.184. The van der Waals surface area contributed by atoms with Crippen molar-refractivity contribution in [3.8, 4) is 0 Å². The van der Waals surface area contributed by atoms with E-state index >= 15 is 0 Å². The second kappa shape index (κ2) is 6.83. The summed E-state index contributed by atoms with van der Waals surface area (Å²) < 4.78 is 14.0. The largest absolute Gasteiger partial charge is 0.319 e. The van der Waals surface area contributed by atoms with Crippen molar-refractivity contribution in [1.29, 1.82) is 0 Å². The lowest BCUT2D eigenvalue weighted by Crippen LogP contribution is -2.19. The third-order valence-corrected chi connectivity index (χ3v) is 3.66. The molecule has 0 heterocycles. The Morgan fingerprint density at radius 1 is 1.16 bits per heavy atom. The molecule has 0 aliphatic rings. The molecule has 1 atom stereocenters. The average molecular weight is 322 g/mol. The highest BCUT2D eigenvalue weighted by atomic mass is 79.9. The fourth-order valence-corrected chi connectivity index (χ4v) is 2.64. The smallest absolute Gasteiger partial charge is 0.123 e. The number of nitrogens with one attached hydrogen (secondary N) is 1. The zero-order valence-corrected chi connectivity index (χ0v) is 12.5. The maximum absolute atomic E-state index is 12.9. The van der Waals surface area contributed by atoms with Crippen LogP contribution < -0.4 is 5.32 Å². The quantitative estimate of drug-likeness (QED) is 0.873. The molecule has 0 aliphatic heterocycles. The summed E-state index contributed by atoms with van der Waals surface area (Å²) in [6.45, 7) is 0.897. The minimum Gasteiger partial charge on any atom is -0.319 e. The number of likely N-dealkylation sites (N-methyl/N-ethyl adjacent to an activating group) is 1. The third-order valence-electron chi connectivity index (χ3n) is 3.17. The van der Waals surface area contributed by atoms with Crippen molar-refractivity contribution in [1.82, 2.24) is 5.32 Å². The lowest BCUT2D eigenvalue weighted by molar-refractivity contribution is 0.615. The standard InChI is InChI=1S/C16H17BrFN/c1-19-11-14(13-3-2-4-15(17)10-13)9-12-5-7-16(18)8-6-12/h2-8,10,14,19H,9,11H2,1H3. The SMILES string of the molecule is CNCC(Cc1ccc(F)cc1)c1cccc(Br)c1. The van der Waals surface area contributed by atoms with Crippen LogP contribution in [0.15, 0.2) is 53.0 Å².